The Labute approximate surface area is 124 Å². The fourth-order valence-corrected chi connectivity index (χ4v) is 2.36. The van der Waals surface area contributed by atoms with Gasteiger partial charge in [0.15, 0.2) is 0 Å². The molecule has 0 radical (unpaired) electrons. The molecule has 3 nitrogen and oxygen atoms in total. The standard InChI is InChI=1S/C13H13BrClFN2O/c1-3-7-6-10(18(2)17-7)13(19)8-4-5-9(14)11(15)12(8)16/h4-6,13,19H,3H2,1-2H3. The zero-order chi connectivity index (χ0) is 14.2. The molecule has 0 aliphatic heterocycles. The minimum atomic E-state index is -1.09. The second-order valence-electron chi connectivity index (χ2n) is 4.20. The molecule has 2 rings (SSSR count). The van der Waals surface area contributed by atoms with Gasteiger partial charge in [-0.25, -0.2) is 4.39 Å². The number of benzene rings is 1. The monoisotopic (exact) mass is 346 g/mol. The van der Waals surface area contributed by atoms with E-state index in [2.05, 4.69) is 21.0 Å². The first kappa shape index (κ1) is 14.5. The minimum Gasteiger partial charge on any atom is -0.382 e. The average Bonchev–Trinajstić information content (AvgIpc) is 2.77. The van der Waals surface area contributed by atoms with E-state index in [1.54, 1.807) is 23.9 Å². The van der Waals surface area contributed by atoms with Crippen LogP contribution < -0.4 is 0 Å². The van der Waals surface area contributed by atoms with Crippen LogP contribution in [0.1, 0.15) is 30.0 Å². The van der Waals surface area contributed by atoms with Gasteiger partial charge in [0.25, 0.3) is 0 Å². The van der Waals surface area contributed by atoms with Crippen molar-refractivity contribution in [3.8, 4) is 0 Å². The van der Waals surface area contributed by atoms with Crippen LogP contribution >= 0.6 is 27.5 Å². The van der Waals surface area contributed by atoms with Crippen molar-refractivity contribution in [2.24, 2.45) is 7.05 Å². The van der Waals surface area contributed by atoms with Crippen molar-refractivity contribution in [1.29, 1.82) is 0 Å². The lowest BCUT2D eigenvalue weighted by Gasteiger charge is -2.13. The lowest BCUT2D eigenvalue weighted by Crippen LogP contribution is -2.08. The number of hydrogen-bond acceptors (Lipinski definition) is 2. The molecule has 0 fully saturated rings. The maximum atomic E-state index is 14.1. The van der Waals surface area contributed by atoms with Gasteiger partial charge >= 0.3 is 0 Å². The maximum Gasteiger partial charge on any atom is 0.149 e. The molecule has 6 heteroatoms. The normalized spacial score (nSPS) is 12.7. The van der Waals surface area contributed by atoms with E-state index < -0.39 is 11.9 Å². The summed E-state index contributed by atoms with van der Waals surface area (Å²) in [6, 6.07) is 4.88. The number of aryl methyl sites for hydroxylation is 2. The molecule has 1 heterocycles. The quantitative estimate of drug-likeness (QED) is 0.861. The Hall–Kier alpha value is -0.910. The van der Waals surface area contributed by atoms with Crippen LogP contribution in [0.4, 0.5) is 4.39 Å². The molecule has 1 aromatic heterocycles. The zero-order valence-corrected chi connectivity index (χ0v) is 12.8. The SMILES string of the molecule is CCc1cc(C(O)c2ccc(Br)c(Cl)c2F)n(C)n1. The van der Waals surface area contributed by atoms with Gasteiger partial charge in [0, 0.05) is 17.1 Å². The molecule has 19 heavy (non-hydrogen) atoms. The van der Waals surface area contributed by atoms with Crippen LogP contribution in [-0.2, 0) is 13.5 Å². The second-order valence-corrected chi connectivity index (χ2v) is 5.44. The van der Waals surface area contributed by atoms with Gasteiger partial charge in [-0.15, -0.1) is 0 Å². The number of aliphatic hydroxyl groups excluding tert-OH is 1. The van der Waals surface area contributed by atoms with E-state index in [-0.39, 0.29) is 10.6 Å². The molecule has 1 atom stereocenters. The third-order valence-corrected chi connectivity index (χ3v) is 4.23. The summed E-state index contributed by atoms with van der Waals surface area (Å²) >= 11 is 8.98. The van der Waals surface area contributed by atoms with Crippen LogP contribution in [0, 0.1) is 5.82 Å². The van der Waals surface area contributed by atoms with Crippen molar-refractivity contribution < 1.29 is 9.50 Å². The minimum absolute atomic E-state index is 0.0329. The van der Waals surface area contributed by atoms with Crippen molar-refractivity contribution in [2.45, 2.75) is 19.4 Å². The van der Waals surface area contributed by atoms with Gasteiger partial charge in [-0.05, 0) is 34.5 Å². The van der Waals surface area contributed by atoms with E-state index in [0.29, 0.717) is 10.2 Å². The Morgan fingerprint density at radius 3 is 2.79 bits per heavy atom. The summed E-state index contributed by atoms with van der Waals surface area (Å²) in [7, 11) is 1.72. The van der Waals surface area contributed by atoms with Crippen molar-refractivity contribution in [2.75, 3.05) is 0 Å². The predicted octanol–water partition coefficient (Wildman–Crippen LogP) is 3.62. The molecule has 1 N–H and O–H groups in total. The van der Waals surface area contributed by atoms with Gasteiger partial charge in [-0.1, -0.05) is 24.6 Å². The molecule has 0 aliphatic carbocycles. The fraction of sp³-hybridized carbons (Fsp3) is 0.308. The largest absolute Gasteiger partial charge is 0.382 e. The Morgan fingerprint density at radius 1 is 1.53 bits per heavy atom. The van der Waals surface area contributed by atoms with Gasteiger partial charge in [-0.2, -0.15) is 5.10 Å². The molecular formula is C13H13BrClFN2O. The summed E-state index contributed by atoms with van der Waals surface area (Å²) in [5, 5.41) is 14.5. The summed E-state index contributed by atoms with van der Waals surface area (Å²) in [6.07, 6.45) is -0.340. The molecule has 0 bridgehead atoms. The predicted molar refractivity (Wildman–Crippen MR) is 75.8 cm³/mol. The summed E-state index contributed by atoms with van der Waals surface area (Å²) in [5.41, 5.74) is 1.52. The van der Waals surface area contributed by atoms with Crippen LogP contribution in [0.2, 0.25) is 5.02 Å². The first-order valence-corrected chi connectivity index (χ1v) is 6.97. The molecule has 0 aliphatic rings. The molecular weight excluding hydrogens is 335 g/mol. The summed E-state index contributed by atoms with van der Waals surface area (Å²) < 4.78 is 16.1. The first-order chi connectivity index (χ1) is 8.95. The van der Waals surface area contributed by atoms with Gasteiger partial charge < -0.3 is 5.11 Å². The number of hydrogen-bond donors (Lipinski definition) is 1. The number of rotatable bonds is 3. The maximum absolute atomic E-state index is 14.1. The van der Waals surface area contributed by atoms with Crippen LogP contribution in [0.15, 0.2) is 22.7 Å². The molecule has 0 spiro atoms. The number of aromatic nitrogens is 2. The number of halogens is 3. The third-order valence-electron chi connectivity index (χ3n) is 2.97. The molecule has 1 aromatic carbocycles. The Morgan fingerprint density at radius 2 is 2.21 bits per heavy atom. The van der Waals surface area contributed by atoms with Gasteiger partial charge in [-0.3, -0.25) is 4.68 Å². The smallest absolute Gasteiger partial charge is 0.149 e. The summed E-state index contributed by atoms with van der Waals surface area (Å²) in [4.78, 5) is 0. The van der Waals surface area contributed by atoms with E-state index in [1.165, 1.54) is 6.07 Å². The molecule has 2 aromatic rings. The topological polar surface area (TPSA) is 38.0 Å². The molecule has 1 unspecified atom stereocenters. The molecule has 0 saturated heterocycles. The Kier molecular flexibility index (Phi) is 4.28. The van der Waals surface area contributed by atoms with Crippen molar-refractivity contribution >= 4 is 27.5 Å². The van der Waals surface area contributed by atoms with Gasteiger partial charge in [0.2, 0.25) is 0 Å². The van der Waals surface area contributed by atoms with Crippen LogP contribution in [0.5, 0.6) is 0 Å². The van der Waals surface area contributed by atoms with Crippen LogP contribution in [0.3, 0.4) is 0 Å². The zero-order valence-electron chi connectivity index (χ0n) is 10.5. The highest BCUT2D eigenvalue weighted by molar-refractivity contribution is 9.10. The lowest BCUT2D eigenvalue weighted by atomic mass is 10.1. The van der Waals surface area contributed by atoms with Crippen molar-refractivity contribution in [3.05, 3.63) is 50.5 Å². The Bertz CT molecular complexity index is 615. The summed E-state index contributed by atoms with van der Waals surface area (Å²) in [6.45, 7) is 1.97. The van der Waals surface area contributed by atoms with E-state index >= 15 is 0 Å². The highest BCUT2D eigenvalue weighted by Crippen LogP contribution is 2.32. The molecule has 0 saturated carbocycles. The number of aliphatic hydroxyl groups is 1. The van der Waals surface area contributed by atoms with Gasteiger partial charge in [0.05, 0.1) is 16.4 Å². The van der Waals surface area contributed by atoms with Crippen LogP contribution in [0.25, 0.3) is 0 Å². The van der Waals surface area contributed by atoms with Crippen molar-refractivity contribution in [1.82, 2.24) is 9.78 Å². The van der Waals surface area contributed by atoms with Gasteiger partial charge in [0.1, 0.15) is 11.9 Å². The molecule has 0 amide bonds. The Balaban J connectivity index is 2.46. The van der Waals surface area contributed by atoms with E-state index in [1.807, 2.05) is 6.92 Å². The summed E-state index contributed by atoms with van der Waals surface area (Å²) in [5.74, 6) is -0.622. The number of nitrogens with zero attached hydrogens (tertiary/aromatic N) is 2. The first-order valence-electron chi connectivity index (χ1n) is 5.80. The third kappa shape index (κ3) is 2.68. The highest BCUT2D eigenvalue weighted by atomic mass is 79.9. The van der Waals surface area contributed by atoms with E-state index in [9.17, 15) is 9.50 Å². The van der Waals surface area contributed by atoms with Crippen LogP contribution in [-0.4, -0.2) is 14.9 Å². The second kappa shape index (κ2) is 5.61. The van der Waals surface area contributed by atoms with Crippen molar-refractivity contribution in [3.63, 3.8) is 0 Å². The lowest BCUT2D eigenvalue weighted by molar-refractivity contribution is 0.204. The fourth-order valence-electron chi connectivity index (χ4n) is 1.88. The molecule has 102 valence electrons. The average molecular weight is 348 g/mol. The van der Waals surface area contributed by atoms with E-state index in [0.717, 1.165) is 12.1 Å². The highest BCUT2D eigenvalue weighted by Gasteiger charge is 2.21. The van der Waals surface area contributed by atoms with E-state index in [4.69, 9.17) is 11.6 Å².